The van der Waals surface area contributed by atoms with E-state index in [4.69, 9.17) is 0 Å². The van der Waals surface area contributed by atoms with Crippen molar-refractivity contribution in [3.05, 3.63) is 155 Å². The number of allylic oxidation sites excluding steroid dienone is 4. The zero-order chi connectivity index (χ0) is 45.5. The molecule has 8 aliphatic carbocycles. The van der Waals surface area contributed by atoms with Gasteiger partial charge in [-0.1, -0.05) is 155 Å². The van der Waals surface area contributed by atoms with E-state index in [1.807, 2.05) is 27.7 Å². The summed E-state index contributed by atoms with van der Waals surface area (Å²) in [6, 6.07) is 29.9. The minimum absolute atomic E-state index is 0.864. The zero-order valence-electron chi connectivity index (χ0n) is 41.8. The molecule has 0 aliphatic heterocycles. The van der Waals surface area contributed by atoms with Gasteiger partial charge in [0.15, 0.2) is 0 Å². The quantitative estimate of drug-likeness (QED) is 0.164. The van der Waals surface area contributed by atoms with Gasteiger partial charge in [-0.05, 0) is 221 Å². The Morgan fingerprint density at radius 2 is 0.723 bits per heavy atom. The molecule has 8 saturated carbocycles. The summed E-state index contributed by atoms with van der Waals surface area (Å²) in [5, 5.41) is 0. The van der Waals surface area contributed by atoms with Crippen LogP contribution in [0.2, 0.25) is 0 Å². The third-order valence-electron chi connectivity index (χ3n) is 18.4. The predicted octanol–water partition coefficient (Wildman–Crippen LogP) is 16.9. The van der Waals surface area contributed by atoms with Crippen molar-refractivity contribution in [2.24, 2.45) is 71.0 Å². The molecule has 8 fully saturated rings. The standard InChI is InChI=1S/C33H40.C27H37N.2C2H6/c1-22-12-28-8-10-30(32(28)14-22)20-26-17-25(16-24-6-4-3-5-7-24)18-27(19-26)21-31-11-9-29-13-23(2)15-33(29)31;1-19-12-22-8-10-24(26(22)14-19)17-28(16-21-6-4-3-5-7-21)18-25-11-9-23-13-20(2)15-27(23)25;2*1-2/h3-7,17-19,28-33H,1-2,8-16,20-21H2;3-7,22-27H,1-2,8-18H2;2*1-2H3/t28?,29?,30?,31?,32-,33-;22?,23?,24?,25?,26-,27-;;/m00../s1. The summed E-state index contributed by atoms with van der Waals surface area (Å²) < 4.78 is 0. The maximum atomic E-state index is 4.34. The SMILES string of the molecule is C=C1CC2CCC(CN(Cc3ccccc3)CC3CCC4CC(=C)C[C@@H]43)[C@H]2C1.C=C1CC2CCC(Cc3cc(Cc4ccccc4)cc(CC4CCC5CC(=C)C[C@@H]54)c3)[C@H]2C1.CC.CC. The molecule has 65 heavy (non-hydrogen) atoms. The smallest absolute Gasteiger partial charge is 0.0233 e. The van der Waals surface area contributed by atoms with Crippen LogP contribution in [0.3, 0.4) is 0 Å². The van der Waals surface area contributed by atoms with Crippen molar-refractivity contribution in [3.63, 3.8) is 0 Å². The summed E-state index contributed by atoms with van der Waals surface area (Å²) in [5.74, 6) is 10.9. The number of nitrogens with zero attached hydrogens (tertiary/aromatic N) is 1. The fourth-order valence-electron chi connectivity index (χ4n) is 15.7. The second-order valence-electron chi connectivity index (χ2n) is 22.6. The molecule has 0 N–H and O–H groups in total. The van der Waals surface area contributed by atoms with E-state index in [9.17, 15) is 0 Å². The van der Waals surface area contributed by atoms with E-state index < -0.39 is 0 Å². The molecule has 0 radical (unpaired) electrons. The van der Waals surface area contributed by atoms with Crippen LogP contribution in [-0.2, 0) is 25.8 Å². The van der Waals surface area contributed by atoms with E-state index in [0.29, 0.717) is 0 Å². The molecule has 0 aromatic heterocycles. The molecule has 8 aliphatic rings. The second kappa shape index (κ2) is 22.6. The predicted molar refractivity (Wildman–Crippen MR) is 280 cm³/mol. The van der Waals surface area contributed by atoms with Crippen molar-refractivity contribution in [1.82, 2.24) is 4.90 Å². The van der Waals surface area contributed by atoms with Crippen molar-refractivity contribution in [1.29, 1.82) is 0 Å². The van der Waals surface area contributed by atoms with Gasteiger partial charge < -0.3 is 0 Å². The van der Waals surface area contributed by atoms with Crippen molar-refractivity contribution >= 4 is 0 Å². The van der Waals surface area contributed by atoms with E-state index in [1.165, 1.54) is 168 Å². The van der Waals surface area contributed by atoms with Crippen LogP contribution in [-0.4, -0.2) is 18.0 Å². The fourth-order valence-corrected chi connectivity index (χ4v) is 15.7. The van der Waals surface area contributed by atoms with Gasteiger partial charge in [-0.2, -0.15) is 0 Å². The Bertz CT molecular complexity index is 1940. The lowest BCUT2D eigenvalue weighted by Gasteiger charge is -2.32. The monoisotopic (exact) mass is 872 g/mol. The molecular weight excluding hydrogens is 783 g/mol. The lowest BCUT2D eigenvalue weighted by atomic mass is 9.83. The summed E-state index contributed by atoms with van der Waals surface area (Å²) >= 11 is 0. The Morgan fingerprint density at radius 3 is 1.12 bits per heavy atom. The molecule has 0 amide bonds. The van der Waals surface area contributed by atoms with Crippen LogP contribution in [0.15, 0.2) is 127 Å². The summed E-state index contributed by atoms with van der Waals surface area (Å²) in [6.07, 6.45) is 25.5. The van der Waals surface area contributed by atoms with Crippen LogP contribution in [0.5, 0.6) is 0 Å². The summed E-state index contributed by atoms with van der Waals surface area (Å²) in [6.45, 7) is 29.1. The number of fused-ring (bicyclic) bond motifs is 4. The highest BCUT2D eigenvalue weighted by Gasteiger charge is 2.45. The van der Waals surface area contributed by atoms with E-state index in [0.717, 1.165) is 84.0 Å². The highest BCUT2D eigenvalue weighted by molar-refractivity contribution is 5.35. The van der Waals surface area contributed by atoms with Crippen LogP contribution >= 0.6 is 0 Å². The van der Waals surface area contributed by atoms with E-state index in [-0.39, 0.29) is 0 Å². The van der Waals surface area contributed by atoms with Gasteiger partial charge in [0.25, 0.3) is 0 Å². The maximum absolute atomic E-state index is 4.34. The van der Waals surface area contributed by atoms with E-state index in [2.05, 4.69) is 110 Å². The first kappa shape index (κ1) is 48.1. The molecule has 0 bridgehead atoms. The van der Waals surface area contributed by atoms with Gasteiger partial charge in [0.05, 0.1) is 0 Å². The minimum Gasteiger partial charge on any atom is -0.299 e. The molecule has 0 heterocycles. The Kier molecular flexibility index (Phi) is 16.7. The normalized spacial score (nSPS) is 32.9. The second-order valence-corrected chi connectivity index (χ2v) is 22.6. The lowest BCUT2D eigenvalue weighted by molar-refractivity contribution is 0.151. The van der Waals surface area contributed by atoms with Gasteiger partial charge in [0, 0.05) is 19.6 Å². The Hall–Kier alpha value is -3.42. The van der Waals surface area contributed by atoms with Crippen molar-refractivity contribution in [3.8, 4) is 0 Å². The van der Waals surface area contributed by atoms with Crippen molar-refractivity contribution in [2.75, 3.05) is 13.1 Å². The first-order chi connectivity index (χ1) is 31.8. The van der Waals surface area contributed by atoms with E-state index >= 15 is 0 Å². The van der Waals surface area contributed by atoms with Crippen molar-refractivity contribution < 1.29 is 0 Å². The van der Waals surface area contributed by atoms with Gasteiger partial charge >= 0.3 is 0 Å². The number of hydrogen-bond donors (Lipinski definition) is 0. The Morgan fingerprint density at radius 1 is 0.385 bits per heavy atom. The topological polar surface area (TPSA) is 3.24 Å². The van der Waals surface area contributed by atoms with Crippen LogP contribution in [0.1, 0.15) is 158 Å². The average Bonchev–Trinajstić information content (AvgIpc) is 4.20. The molecule has 0 saturated heterocycles. The van der Waals surface area contributed by atoms with E-state index in [1.54, 1.807) is 11.1 Å². The highest BCUT2D eigenvalue weighted by atomic mass is 15.1. The van der Waals surface area contributed by atoms with Gasteiger partial charge in [-0.3, -0.25) is 4.90 Å². The van der Waals surface area contributed by atoms with Gasteiger partial charge in [0.1, 0.15) is 0 Å². The van der Waals surface area contributed by atoms with Crippen LogP contribution in [0.25, 0.3) is 0 Å². The largest absolute Gasteiger partial charge is 0.299 e. The summed E-state index contributed by atoms with van der Waals surface area (Å²) in [4.78, 5) is 2.84. The maximum Gasteiger partial charge on any atom is 0.0233 e. The molecule has 0 spiro atoms. The molecule has 11 rings (SSSR count). The first-order valence-electron chi connectivity index (χ1n) is 27.3. The number of hydrogen-bond acceptors (Lipinski definition) is 1. The van der Waals surface area contributed by atoms with Crippen molar-refractivity contribution in [2.45, 2.75) is 156 Å². The number of benzene rings is 3. The molecular formula is C64H89N. The molecule has 3 aromatic rings. The number of rotatable bonds is 12. The van der Waals surface area contributed by atoms with Gasteiger partial charge in [-0.25, -0.2) is 0 Å². The highest BCUT2D eigenvalue weighted by Crippen LogP contribution is 2.53. The average molecular weight is 872 g/mol. The molecule has 1 nitrogen and oxygen atoms in total. The molecule has 12 atom stereocenters. The summed E-state index contributed by atoms with van der Waals surface area (Å²) in [5.41, 5.74) is 13.7. The lowest BCUT2D eigenvalue weighted by Crippen LogP contribution is -2.36. The third-order valence-corrected chi connectivity index (χ3v) is 18.4. The molecule has 3 aromatic carbocycles. The third kappa shape index (κ3) is 11.8. The molecule has 1 heteroatoms. The van der Waals surface area contributed by atoms with Crippen LogP contribution in [0, 0.1) is 71.0 Å². The first-order valence-corrected chi connectivity index (χ1v) is 27.3. The minimum atomic E-state index is 0.864. The fraction of sp³-hybridized carbons (Fsp3) is 0.594. The van der Waals surface area contributed by atoms with Crippen LogP contribution < -0.4 is 0 Å². The van der Waals surface area contributed by atoms with Gasteiger partial charge in [-0.15, -0.1) is 0 Å². The van der Waals surface area contributed by atoms with Gasteiger partial charge in [0.2, 0.25) is 0 Å². The Labute approximate surface area is 398 Å². The molecule has 350 valence electrons. The summed E-state index contributed by atoms with van der Waals surface area (Å²) in [7, 11) is 0. The van der Waals surface area contributed by atoms with Crippen LogP contribution in [0.4, 0.5) is 0 Å². The molecule has 8 unspecified atom stereocenters. The zero-order valence-corrected chi connectivity index (χ0v) is 41.8. The Balaban J connectivity index is 0.000000167.